The smallest absolute Gasteiger partial charge is 0.175 e. The summed E-state index contributed by atoms with van der Waals surface area (Å²) in [6, 6.07) is 3.37. The number of hydrogen-bond donors (Lipinski definition) is 1. The molecule has 1 aromatic rings. The molecule has 0 bridgehead atoms. The standard InChI is InChI=1S/C11H17N3OS2/c1-14(2)5-6-16-17-8-10(15)9-3-4-11(12)13-7-9/h3-4,7H,5-6,8H2,1-2H3,(H2,12,13). The van der Waals surface area contributed by atoms with Gasteiger partial charge < -0.3 is 10.6 Å². The molecular weight excluding hydrogens is 254 g/mol. The maximum absolute atomic E-state index is 11.7. The van der Waals surface area contributed by atoms with Crippen molar-refractivity contribution in [2.45, 2.75) is 0 Å². The van der Waals surface area contributed by atoms with Gasteiger partial charge in [-0.15, -0.1) is 0 Å². The Morgan fingerprint density at radius 1 is 1.41 bits per heavy atom. The molecular formula is C11H17N3OS2. The van der Waals surface area contributed by atoms with E-state index in [9.17, 15) is 4.79 Å². The van der Waals surface area contributed by atoms with Crippen LogP contribution in [0.15, 0.2) is 18.3 Å². The average molecular weight is 271 g/mol. The van der Waals surface area contributed by atoms with Gasteiger partial charge in [-0.1, -0.05) is 21.6 Å². The van der Waals surface area contributed by atoms with E-state index < -0.39 is 0 Å². The van der Waals surface area contributed by atoms with Gasteiger partial charge in [-0.3, -0.25) is 4.79 Å². The van der Waals surface area contributed by atoms with Gasteiger partial charge in [0.1, 0.15) is 5.82 Å². The molecule has 0 aliphatic carbocycles. The Kier molecular flexibility index (Phi) is 6.39. The van der Waals surface area contributed by atoms with Gasteiger partial charge in [-0.05, 0) is 26.2 Å². The molecule has 0 spiro atoms. The van der Waals surface area contributed by atoms with Crippen LogP contribution in [0.1, 0.15) is 10.4 Å². The van der Waals surface area contributed by atoms with Gasteiger partial charge in [0.15, 0.2) is 5.78 Å². The number of nitrogens with two attached hydrogens (primary N) is 1. The minimum atomic E-state index is 0.0971. The van der Waals surface area contributed by atoms with Crippen molar-refractivity contribution < 1.29 is 4.79 Å². The first-order chi connectivity index (χ1) is 8.09. The van der Waals surface area contributed by atoms with Crippen molar-refractivity contribution >= 4 is 33.2 Å². The normalized spacial score (nSPS) is 10.8. The molecule has 4 nitrogen and oxygen atoms in total. The molecule has 0 unspecified atom stereocenters. The molecule has 6 heteroatoms. The second-order valence-electron chi connectivity index (χ2n) is 3.78. The first kappa shape index (κ1) is 14.3. The molecule has 0 radical (unpaired) electrons. The fourth-order valence-electron chi connectivity index (χ4n) is 1.03. The first-order valence-corrected chi connectivity index (χ1v) is 7.72. The van der Waals surface area contributed by atoms with Crippen LogP contribution in [0.25, 0.3) is 0 Å². The van der Waals surface area contributed by atoms with Crippen LogP contribution in [0.5, 0.6) is 0 Å². The number of nitrogens with zero attached hydrogens (tertiary/aromatic N) is 2. The fourth-order valence-corrected chi connectivity index (χ4v) is 3.09. The molecule has 0 fully saturated rings. The highest BCUT2D eigenvalue weighted by molar-refractivity contribution is 8.76. The van der Waals surface area contributed by atoms with Crippen molar-refractivity contribution in [2.75, 3.05) is 37.9 Å². The summed E-state index contributed by atoms with van der Waals surface area (Å²) in [5.74, 6) is 2.03. The van der Waals surface area contributed by atoms with Gasteiger partial charge >= 0.3 is 0 Å². The number of carbonyl (C=O) groups excluding carboxylic acids is 1. The molecule has 0 saturated heterocycles. The predicted octanol–water partition coefficient (Wildman–Crippen LogP) is 1.79. The quantitative estimate of drug-likeness (QED) is 0.463. The largest absolute Gasteiger partial charge is 0.384 e. The lowest BCUT2D eigenvalue weighted by molar-refractivity contribution is 0.102. The lowest BCUT2D eigenvalue weighted by Crippen LogP contribution is -2.14. The number of anilines is 1. The SMILES string of the molecule is CN(C)CCSSCC(=O)c1ccc(N)nc1. The van der Waals surface area contributed by atoms with Crippen molar-refractivity contribution in [3.05, 3.63) is 23.9 Å². The third-order valence-electron chi connectivity index (χ3n) is 2.00. The number of aromatic nitrogens is 1. The lowest BCUT2D eigenvalue weighted by Gasteiger charge is -2.07. The minimum absolute atomic E-state index is 0.0971. The lowest BCUT2D eigenvalue weighted by atomic mass is 10.2. The van der Waals surface area contributed by atoms with Gasteiger partial charge in [0.25, 0.3) is 0 Å². The second kappa shape index (κ2) is 7.58. The van der Waals surface area contributed by atoms with E-state index in [0.29, 0.717) is 17.1 Å². The highest BCUT2D eigenvalue weighted by atomic mass is 33.1. The van der Waals surface area contributed by atoms with E-state index in [0.717, 1.165) is 12.3 Å². The minimum Gasteiger partial charge on any atom is -0.384 e. The number of carbonyl (C=O) groups is 1. The molecule has 0 aliphatic rings. The Morgan fingerprint density at radius 3 is 2.76 bits per heavy atom. The van der Waals surface area contributed by atoms with Crippen LogP contribution >= 0.6 is 21.6 Å². The zero-order valence-electron chi connectivity index (χ0n) is 10.0. The summed E-state index contributed by atoms with van der Waals surface area (Å²) >= 11 is 0. The van der Waals surface area contributed by atoms with E-state index in [1.165, 1.54) is 6.20 Å². The summed E-state index contributed by atoms with van der Waals surface area (Å²) in [4.78, 5) is 17.8. The van der Waals surface area contributed by atoms with Crippen LogP contribution < -0.4 is 5.73 Å². The van der Waals surface area contributed by atoms with E-state index in [2.05, 4.69) is 9.88 Å². The van der Waals surface area contributed by atoms with Gasteiger partial charge in [0.2, 0.25) is 0 Å². The zero-order chi connectivity index (χ0) is 12.7. The van der Waals surface area contributed by atoms with Crippen molar-refractivity contribution in [1.29, 1.82) is 0 Å². The number of nitrogen functional groups attached to an aromatic ring is 1. The van der Waals surface area contributed by atoms with Crippen LogP contribution in [-0.4, -0.2) is 47.8 Å². The second-order valence-corrected chi connectivity index (χ2v) is 6.36. The Morgan fingerprint density at radius 2 is 2.18 bits per heavy atom. The number of pyridine rings is 1. The Labute approximate surface area is 110 Å². The zero-order valence-corrected chi connectivity index (χ0v) is 11.7. The molecule has 0 saturated carbocycles. The van der Waals surface area contributed by atoms with E-state index in [4.69, 9.17) is 5.73 Å². The molecule has 0 amide bonds. The third-order valence-corrected chi connectivity index (χ3v) is 4.25. The Hall–Kier alpha value is -0.720. The van der Waals surface area contributed by atoms with Crippen molar-refractivity contribution in [3.63, 3.8) is 0 Å². The fraction of sp³-hybridized carbons (Fsp3) is 0.455. The summed E-state index contributed by atoms with van der Waals surface area (Å²) in [7, 11) is 7.38. The monoisotopic (exact) mass is 271 g/mol. The van der Waals surface area contributed by atoms with Crippen LogP contribution in [0, 0.1) is 0 Å². The Balaban J connectivity index is 2.23. The van der Waals surface area contributed by atoms with Crippen molar-refractivity contribution in [1.82, 2.24) is 9.88 Å². The molecule has 1 heterocycles. The van der Waals surface area contributed by atoms with Crippen LogP contribution in [0.3, 0.4) is 0 Å². The van der Waals surface area contributed by atoms with Crippen molar-refractivity contribution in [3.8, 4) is 0 Å². The number of Topliss-reactive ketones (excluding diaryl/α,β-unsaturated/α-hetero) is 1. The molecule has 1 rings (SSSR count). The highest BCUT2D eigenvalue weighted by Gasteiger charge is 2.06. The summed E-state index contributed by atoms with van der Waals surface area (Å²) in [6.45, 7) is 1.02. The maximum atomic E-state index is 11.7. The maximum Gasteiger partial charge on any atom is 0.175 e. The van der Waals surface area contributed by atoms with Crippen LogP contribution in [0.4, 0.5) is 5.82 Å². The number of hydrogen-bond acceptors (Lipinski definition) is 6. The van der Waals surface area contributed by atoms with E-state index in [1.807, 2.05) is 14.1 Å². The van der Waals surface area contributed by atoms with Gasteiger partial charge in [0.05, 0.1) is 5.75 Å². The molecule has 1 aromatic heterocycles. The average Bonchev–Trinajstić information content (AvgIpc) is 2.29. The molecule has 2 N–H and O–H groups in total. The first-order valence-electron chi connectivity index (χ1n) is 5.23. The van der Waals surface area contributed by atoms with E-state index >= 15 is 0 Å². The van der Waals surface area contributed by atoms with Gasteiger partial charge in [-0.25, -0.2) is 4.98 Å². The summed E-state index contributed by atoms with van der Waals surface area (Å²) in [5.41, 5.74) is 6.08. The number of ketones is 1. The topological polar surface area (TPSA) is 59.2 Å². The highest BCUT2D eigenvalue weighted by Crippen LogP contribution is 2.22. The molecule has 0 atom stereocenters. The van der Waals surface area contributed by atoms with Crippen molar-refractivity contribution in [2.24, 2.45) is 0 Å². The van der Waals surface area contributed by atoms with Gasteiger partial charge in [-0.2, -0.15) is 0 Å². The molecule has 0 aliphatic heterocycles. The molecule has 17 heavy (non-hydrogen) atoms. The number of rotatable bonds is 7. The summed E-state index contributed by atoms with van der Waals surface area (Å²) < 4.78 is 0. The predicted molar refractivity (Wildman–Crippen MR) is 76.4 cm³/mol. The molecule has 0 aromatic carbocycles. The molecule has 94 valence electrons. The summed E-state index contributed by atoms with van der Waals surface area (Å²) in [6.07, 6.45) is 1.53. The van der Waals surface area contributed by atoms with Crippen LogP contribution in [0.2, 0.25) is 0 Å². The van der Waals surface area contributed by atoms with E-state index in [1.54, 1.807) is 33.7 Å². The van der Waals surface area contributed by atoms with Crippen LogP contribution in [-0.2, 0) is 0 Å². The van der Waals surface area contributed by atoms with E-state index in [-0.39, 0.29) is 5.78 Å². The third kappa shape index (κ3) is 5.95. The van der Waals surface area contributed by atoms with Gasteiger partial charge in [0, 0.05) is 24.1 Å². The Bertz CT molecular complexity index is 354. The summed E-state index contributed by atoms with van der Waals surface area (Å²) in [5, 5.41) is 0.